The van der Waals surface area contributed by atoms with Gasteiger partial charge < -0.3 is 14.8 Å². The number of aryl methyl sites for hydroxylation is 1. The topological polar surface area (TPSA) is 78.0 Å². The van der Waals surface area contributed by atoms with Crippen molar-refractivity contribution in [3.63, 3.8) is 0 Å². The molecule has 0 aliphatic carbocycles. The molecule has 0 aromatic carbocycles. The first-order valence-corrected chi connectivity index (χ1v) is 10.0. The Morgan fingerprint density at radius 2 is 1.72 bits per heavy atom. The number of anilines is 2. The molecule has 0 bridgehead atoms. The SMILES string of the molecule is Cc1nc(-c2ccc(N3CCN(c4ncc(Cl)cc4Cl)CC3)nc2)[nH]c(=O)c1C. The molecule has 0 atom stereocenters. The average molecular weight is 431 g/mol. The second kappa shape index (κ2) is 8.00. The van der Waals surface area contributed by atoms with Crippen LogP contribution in [0.25, 0.3) is 11.4 Å². The monoisotopic (exact) mass is 430 g/mol. The van der Waals surface area contributed by atoms with Gasteiger partial charge in [0.1, 0.15) is 17.5 Å². The van der Waals surface area contributed by atoms with Crippen LogP contribution in [0.15, 0.2) is 35.4 Å². The van der Waals surface area contributed by atoms with E-state index >= 15 is 0 Å². The minimum Gasteiger partial charge on any atom is -0.353 e. The van der Waals surface area contributed by atoms with Crippen LogP contribution in [-0.2, 0) is 0 Å². The second-order valence-electron chi connectivity index (χ2n) is 6.96. The van der Waals surface area contributed by atoms with Crippen molar-refractivity contribution < 1.29 is 0 Å². The number of nitrogens with zero attached hydrogens (tertiary/aromatic N) is 5. The quantitative estimate of drug-likeness (QED) is 0.684. The molecule has 1 fully saturated rings. The number of nitrogens with one attached hydrogen (secondary N) is 1. The Kier molecular flexibility index (Phi) is 5.43. The van der Waals surface area contributed by atoms with E-state index in [2.05, 4.69) is 29.7 Å². The van der Waals surface area contributed by atoms with E-state index in [1.807, 2.05) is 19.1 Å². The summed E-state index contributed by atoms with van der Waals surface area (Å²) in [5.41, 5.74) is 2.01. The first-order valence-electron chi connectivity index (χ1n) is 9.27. The number of aromatic nitrogens is 4. The highest BCUT2D eigenvalue weighted by molar-refractivity contribution is 6.36. The predicted octanol–water partition coefficient (Wildman–Crippen LogP) is 3.48. The fraction of sp³-hybridized carbons (Fsp3) is 0.300. The Hall–Kier alpha value is -2.64. The van der Waals surface area contributed by atoms with Gasteiger partial charge >= 0.3 is 0 Å². The van der Waals surface area contributed by atoms with Gasteiger partial charge in [-0.2, -0.15) is 0 Å². The maximum atomic E-state index is 12.0. The minimum absolute atomic E-state index is 0.123. The van der Waals surface area contributed by atoms with Gasteiger partial charge in [-0.05, 0) is 32.0 Å². The van der Waals surface area contributed by atoms with E-state index in [0.717, 1.165) is 49.1 Å². The van der Waals surface area contributed by atoms with Crippen LogP contribution < -0.4 is 15.4 Å². The van der Waals surface area contributed by atoms with Gasteiger partial charge in [0.25, 0.3) is 5.56 Å². The van der Waals surface area contributed by atoms with Crippen molar-refractivity contribution in [1.82, 2.24) is 19.9 Å². The third-order valence-electron chi connectivity index (χ3n) is 5.11. The molecule has 3 aromatic rings. The van der Waals surface area contributed by atoms with Crippen molar-refractivity contribution in [3.8, 4) is 11.4 Å². The number of halogens is 2. The molecule has 29 heavy (non-hydrogen) atoms. The maximum absolute atomic E-state index is 12.0. The maximum Gasteiger partial charge on any atom is 0.254 e. The summed E-state index contributed by atoms with van der Waals surface area (Å²) in [6.45, 7) is 6.75. The fourth-order valence-corrected chi connectivity index (χ4v) is 3.78. The lowest BCUT2D eigenvalue weighted by molar-refractivity contribution is 0.642. The normalized spacial score (nSPS) is 14.3. The van der Waals surface area contributed by atoms with Crippen molar-refractivity contribution in [3.05, 3.63) is 62.2 Å². The van der Waals surface area contributed by atoms with E-state index in [4.69, 9.17) is 23.2 Å². The van der Waals surface area contributed by atoms with Crippen LogP contribution in [-0.4, -0.2) is 46.1 Å². The van der Waals surface area contributed by atoms with Crippen molar-refractivity contribution in [1.29, 1.82) is 0 Å². The highest BCUT2D eigenvalue weighted by Gasteiger charge is 2.21. The summed E-state index contributed by atoms with van der Waals surface area (Å²) in [7, 11) is 0. The third kappa shape index (κ3) is 4.06. The van der Waals surface area contributed by atoms with Crippen molar-refractivity contribution in [2.75, 3.05) is 36.0 Å². The van der Waals surface area contributed by atoms with Gasteiger partial charge in [0.2, 0.25) is 0 Å². The molecule has 7 nitrogen and oxygen atoms in total. The molecule has 0 amide bonds. The summed E-state index contributed by atoms with van der Waals surface area (Å²) in [5, 5.41) is 1.09. The van der Waals surface area contributed by atoms with Crippen LogP contribution in [0.4, 0.5) is 11.6 Å². The average Bonchev–Trinajstić information content (AvgIpc) is 2.72. The first-order chi connectivity index (χ1) is 13.9. The molecule has 1 aliphatic heterocycles. The number of H-pyrrole nitrogens is 1. The number of aromatic amines is 1. The van der Waals surface area contributed by atoms with E-state index in [-0.39, 0.29) is 5.56 Å². The largest absolute Gasteiger partial charge is 0.353 e. The summed E-state index contributed by atoms with van der Waals surface area (Å²) in [5.74, 6) is 2.17. The molecular formula is C20H20Cl2N6O. The van der Waals surface area contributed by atoms with Gasteiger partial charge in [-0.3, -0.25) is 4.79 Å². The van der Waals surface area contributed by atoms with Crippen LogP contribution in [0.1, 0.15) is 11.3 Å². The molecule has 0 saturated carbocycles. The van der Waals surface area contributed by atoms with Gasteiger partial charge in [-0.1, -0.05) is 23.2 Å². The van der Waals surface area contributed by atoms with Crippen LogP contribution in [0.3, 0.4) is 0 Å². The fourth-order valence-electron chi connectivity index (χ4n) is 3.28. The molecule has 0 unspecified atom stereocenters. The van der Waals surface area contributed by atoms with E-state index in [9.17, 15) is 4.79 Å². The molecular weight excluding hydrogens is 411 g/mol. The Morgan fingerprint density at radius 1 is 1.00 bits per heavy atom. The third-order valence-corrected chi connectivity index (χ3v) is 5.59. The molecule has 0 spiro atoms. The minimum atomic E-state index is -0.123. The van der Waals surface area contributed by atoms with Gasteiger partial charge in [-0.25, -0.2) is 15.0 Å². The first kappa shape index (κ1) is 19.7. The molecule has 4 heterocycles. The number of hydrogen-bond acceptors (Lipinski definition) is 6. The van der Waals surface area contributed by atoms with Crippen molar-refractivity contribution >= 4 is 34.8 Å². The van der Waals surface area contributed by atoms with E-state index in [1.165, 1.54) is 0 Å². The molecule has 1 N–H and O–H groups in total. The smallest absolute Gasteiger partial charge is 0.254 e. The van der Waals surface area contributed by atoms with E-state index in [0.29, 0.717) is 21.4 Å². The second-order valence-corrected chi connectivity index (χ2v) is 7.81. The summed E-state index contributed by atoms with van der Waals surface area (Å²) in [6.07, 6.45) is 3.35. The lowest BCUT2D eigenvalue weighted by Gasteiger charge is -2.36. The molecule has 4 rings (SSSR count). The Bertz CT molecular complexity index is 1090. The molecule has 3 aromatic heterocycles. The zero-order valence-electron chi connectivity index (χ0n) is 16.1. The highest BCUT2D eigenvalue weighted by Crippen LogP contribution is 2.27. The summed E-state index contributed by atoms with van der Waals surface area (Å²) >= 11 is 12.2. The highest BCUT2D eigenvalue weighted by atomic mass is 35.5. The van der Waals surface area contributed by atoms with Gasteiger partial charge in [0.15, 0.2) is 0 Å². The molecule has 150 valence electrons. The summed E-state index contributed by atoms with van der Waals surface area (Å²) < 4.78 is 0. The van der Waals surface area contributed by atoms with Crippen molar-refractivity contribution in [2.24, 2.45) is 0 Å². The lowest BCUT2D eigenvalue weighted by Crippen LogP contribution is -2.47. The summed E-state index contributed by atoms with van der Waals surface area (Å²) in [4.78, 5) is 32.5. The number of hydrogen-bond donors (Lipinski definition) is 1. The van der Waals surface area contributed by atoms with Crippen LogP contribution >= 0.6 is 23.2 Å². The molecule has 1 aliphatic rings. The standard InChI is InChI=1S/C20H20Cl2N6O/c1-12-13(2)25-18(26-20(12)29)14-3-4-17(23-10-14)27-5-7-28(8-6-27)19-16(22)9-15(21)11-24-19/h3-4,9-11H,5-8H2,1-2H3,(H,25,26,29). The van der Waals surface area contributed by atoms with Gasteiger partial charge in [-0.15, -0.1) is 0 Å². The molecule has 1 saturated heterocycles. The predicted molar refractivity (Wildman–Crippen MR) is 116 cm³/mol. The Labute approximate surface area is 178 Å². The number of pyridine rings is 2. The lowest BCUT2D eigenvalue weighted by atomic mass is 10.2. The van der Waals surface area contributed by atoms with Crippen LogP contribution in [0, 0.1) is 13.8 Å². The molecule has 0 radical (unpaired) electrons. The Balaban J connectivity index is 1.46. The number of piperazine rings is 1. The van der Waals surface area contributed by atoms with E-state index in [1.54, 1.807) is 25.4 Å². The summed E-state index contributed by atoms with van der Waals surface area (Å²) in [6, 6.07) is 5.59. The van der Waals surface area contributed by atoms with E-state index < -0.39 is 0 Å². The van der Waals surface area contributed by atoms with Crippen molar-refractivity contribution in [2.45, 2.75) is 13.8 Å². The molecule has 9 heteroatoms. The van der Waals surface area contributed by atoms with Gasteiger partial charge in [0, 0.05) is 55.4 Å². The zero-order chi connectivity index (χ0) is 20.5. The zero-order valence-corrected chi connectivity index (χ0v) is 17.6. The van der Waals surface area contributed by atoms with Crippen LogP contribution in [0.5, 0.6) is 0 Å². The number of rotatable bonds is 3. The van der Waals surface area contributed by atoms with Crippen LogP contribution in [0.2, 0.25) is 10.0 Å². The Morgan fingerprint density at radius 3 is 2.34 bits per heavy atom. The van der Waals surface area contributed by atoms with Gasteiger partial charge in [0.05, 0.1) is 10.0 Å².